The number of hydrogen-bond donors (Lipinski definition) is 1. The highest BCUT2D eigenvalue weighted by molar-refractivity contribution is 14.1. The number of halogens is 1. The Balaban J connectivity index is 1.75. The van der Waals surface area contributed by atoms with Gasteiger partial charge in [0.1, 0.15) is 0 Å². The predicted molar refractivity (Wildman–Crippen MR) is 199 cm³/mol. The molecule has 0 radical (unpaired) electrons. The fraction of sp³-hybridized carbons (Fsp3) is 1.00. The van der Waals surface area contributed by atoms with E-state index in [1.807, 2.05) is 0 Å². The summed E-state index contributed by atoms with van der Waals surface area (Å²) >= 11 is 9.38. The molecule has 4 saturated carbocycles. The van der Waals surface area contributed by atoms with Gasteiger partial charge in [-0.25, -0.2) is 0 Å². The van der Waals surface area contributed by atoms with Crippen LogP contribution in [0.4, 0.5) is 0 Å². The van der Waals surface area contributed by atoms with E-state index in [0.29, 0.717) is 14.3 Å². The molecule has 5 atom stereocenters. The summed E-state index contributed by atoms with van der Waals surface area (Å²) in [6.45, 7) is 5.49. The molecule has 0 aliphatic heterocycles. The Morgan fingerprint density at radius 1 is 0.476 bits per heavy atom. The molecular formula is C40H73IS. The van der Waals surface area contributed by atoms with Gasteiger partial charge in [0.25, 0.3) is 0 Å². The van der Waals surface area contributed by atoms with Crippen molar-refractivity contribution in [2.24, 2.45) is 22.7 Å². The standard InChI is InChI=1S/C40H73IS/c1-35-28-22-16-10-5-3-8-15-21-27-33-40(42)38(37(2)30-24-18-12-9-13-19-25-31-37)32-26-20-14-7-4-6-11-17-23-29-36(38)39(40,41)34-35/h35-36,42H,3-34H2,1-2H3. The molecule has 4 aliphatic carbocycles. The maximum absolute atomic E-state index is 6.25. The monoisotopic (exact) mass is 712 g/mol. The third kappa shape index (κ3) is 8.32. The van der Waals surface area contributed by atoms with Gasteiger partial charge < -0.3 is 0 Å². The van der Waals surface area contributed by atoms with Crippen LogP contribution >= 0.6 is 35.2 Å². The summed E-state index contributed by atoms with van der Waals surface area (Å²) in [5.74, 6) is 1.72. The Kier molecular flexibility index (Phi) is 15.3. The quantitative estimate of drug-likeness (QED) is 0.156. The molecule has 0 aromatic carbocycles. The van der Waals surface area contributed by atoms with Gasteiger partial charge in [0.15, 0.2) is 0 Å². The van der Waals surface area contributed by atoms with Gasteiger partial charge in [-0.1, -0.05) is 203 Å². The van der Waals surface area contributed by atoms with E-state index in [2.05, 4.69) is 36.4 Å². The molecule has 4 aliphatic rings. The fourth-order valence-electron chi connectivity index (χ4n) is 11.3. The SMILES string of the molecule is CC1CCCCCCCCCCCC2(S)C(I)(C1)C1CCCCCCCCCCCC12C1(C)CCCCCCCCC1. The predicted octanol–water partition coefficient (Wildman–Crippen LogP) is 14.6. The Morgan fingerprint density at radius 3 is 1.31 bits per heavy atom. The molecule has 0 spiro atoms. The van der Waals surface area contributed by atoms with Gasteiger partial charge in [-0.05, 0) is 61.2 Å². The normalized spacial score (nSPS) is 39.7. The first-order valence-electron chi connectivity index (χ1n) is 19.8. The van der Waals surface area contributed by atoms with E-state index in [0.717, 1.165) is 11.8 Å². The Morgan fingerprint density at radius 2 is 0.833 bits per heavy atom. The second-order valence-electron chi connectivity index (χ2n) is 16.5. The van der Waals surface area contributed by atoms with Crippen LogP contribution in [0.1, 0.15) is 219 Å². The molecule has 4 fully saturated rings. The van der Waals surface area contributed by atoms with Gasteiger partial charge in [0.05, 0.1) is 0 Å². The minimum atomic E-state index is 0.193. The van der Waals surface area contributed by atoms with Crippen LogP contribution in [0, 0.1) is 22.7 Å². The zero-order valence-corrected chi connectivity index (χ0v) is 31.7. The number of hydrogen-bond acceptors (Lipinski definition) is 1. The van der Waals surface area contributed by atoms with Crippen LogP contribution in [0.25, 0.3) is 0 Å². The molecule has 0 saturated heterocycles. The minimum absolute atomic E-state index is 0.193. The van der Waals surface area contributed by atoms with Crippen molar-refractivity contribution in [1.82, 2.24) is 0 Å². The average Bonchev–Trinajstić information content (AvgIpc) is 2.99. The van der Waals surface area contributed by atoms with Crippen molar-refractivity contribution in [3.8, 4) is 0 Å². The highest BCUT2D eigenvalue weighted by Crippen LogP contribution is 2.81. The Bertz CT molecular complexity index is 740. The van der Waals surface area contributed by atoms with Crippen LogP contribution in [0.2, 0.25) is 0 Å². The van der Waals surface area contributed by atoms with E-state index in [9.17, 15) is 0 Å². The van der Waals surface area contributed by atoms with Crippen LogP contribution in [0.5, 0.6) is 0 Å². The van der Waals surface area contributed by atoms with Crippen LogP contribution in [0.3, 0.4) is 0 Å². The smallest absolute Gasteiger partial charge is 0.0408 e. The zero-order chi connectivity index (χ0) is 29.8. The second-order valence-corrected chi connectivity index (χ2v) is 19.2. The number of rotatable bonds is 1. The molecule has 0 amide bonds. The van der Waals surface area contributed by atoms with E-state index in [1.54, 1.807) is 0 Å². The van der Waals surface area contributed by atoms with Gasteiger partial charge in [-0.15, -0.1) is 0 Å². The lowest BCUT2D eigenvalue weighted by Gasteiger charge is -2.79. The van der Waals surface area contributed by atoms with E-state index < -0.39 is 0 Å². The van der Waals surface area contributed by atoms with Gasteiger partial charge >= 0.3 is 0 Å². The molecular weight excluding hydrogens is 639 g/mol. The second kappa shape index (κ2) is 17.8. The first-order valence-corrected chi connectivity index (χ1v) is 21.3. The Hall–Kier alpha value is 1.08. The topological polar surface area (TPSA) is 0 Å². The van der Waals surface area contributed by atoms with Gasteiger partial charge in [0.2, 0.25) is 0 Å². The van der Waals surface area contributed by atoms with Crippen molar-refractivity contribution in [2.75, 3.05) is 0 Å². The van der Waals surface area contributed by atoms with E-state index >= 15 is 0 Å². The maximum atomic E-state index is 6.25. The summed E-state index contributed by atoms with van der Waals surface area (Å²) in [5.41, 5.74) is 0.878. The molecule has 5 unspecified atom stereocenters. The van der Waals surface area contributed by atoms with Crippen molar-refractivity contribution in [3.05, 3.63) is 0 Å². The molecule has 2 heteroatoms. The van der Waals surface area contributed by atoms with E-state index in [1.165, 1.54) is 205 Å². The molecule has 4 rings (SSSR count). The molecule has 0 aromatic heterocycles. The number of alkyl halides is 1. The number of thiol groups is 1. The molecule has 42 heavy (non-hydrogen) atoms. The van der Waals surface area contributed by atoms with Crippen LogP contribution in [0.15, 0.2) is 0 Å². The minimum Gasteiger partial charge on any atom is -0.170 e. The molecule has 0 N–H and O–H groups in total. The van der Waals surface area contributed by atoms with Gasteiger partial charge in [-0.3, -0.25) is 0 Å². The molecule has 0 heterocycles. The van der Waals surface area contributed by atoms with Crippen LogP contribution in [-0.2, 0) is 0 Å². The van der Waals surface area contributed by atoms with Gasteiger partial charge in [-0.2, -0.15) is 12.6 Å². The van der Waals surface area contributed by atoms with Gasteiger partial charge in [0, 0.05) is 8.17 Å². The lowest BCUT2D eigenvalue weighted by molar-refractivity contribution is -0.179. The third-order valence-electron chi connectivity index (χ3n) is 13.6. The molecule has 246 valence electrons. The summed E-state index contributed by atoms with van der Waals surface area (Å²) in [6, 6.07) is 0. The summed E-state index contributed by atoms with van der Waals surface area (Å²) in [5, 5.41) is 0. The van der Waals surface area contributed by atoms with Crippen molar-refractivity contribution >= 4 is 35.2 Å². The lowest BCUT2D eigenvalue weighted by atomic mass is 9.33. The zero-order valence-electron chi connectivity index (χ0n) is 28.6. The first-order chi connectivity index (χ1) is 20.4. The van der Waals surface area contributed by atoms with E-state index in [-0.39, 0.29) is 4.75 Å². The highest BCUT2D eigenvalue weighted by Gasteiger charge is 2.79. The molecule has 0 aromatic rings. The average molecular weight is 713 g/mol. The summed E-state index contributed by atoms with van der Waals surface area (Å²) < 4.78 is 0.560. The number of fused-ring (bicyclic) bond motifs is 4. The fourth-order valence-corrected chi connectivity index (χ4v) is 14.6. The molecule has 0 nitrogen and oxygen atoms in total. The van der Waals surface area contributed by atoms with Crippen molar-refractivity contribution in [3.63, 3.8) is 0 Å². The van der Waals surface area contributed by atoms with Crippen molar-refractivity contribution in [1.29, 1.82) is 0 Å². The van der Waals surface area contributed by atoms with Crippen LogP contribution < -0.4 is 0 Å². The largest absolute Gasteiger partial charge is 0.170 e. The summed E-state index contributed by atoms with van der Waals surface area (Å²) in [7, 11) is 0. The first kappa shape index (κ1) is 35.9. The summed E-state index contributed by atoms with van der Waals surface area (Å²) in [4.78, 5) is 0. The lowest BCUT2D eigenvalue weighted by Crippen LogP contribution is -2.80. The summed E-state index contributed by atoms with van der Waals surface area (Å²) in [6.07, 6.45) is 47.0. The molecule has 0 bridgehead atoms. The van der Waals surface area contributed by atoms with Crippen molar-refractivity contribution in [2.45, 2.75) is 227 Å². The van der Waals surface area contributed by atoms with Crippen LogP contribution in [-0.4, -0.2) is 8.17 Å². The third-order valence-corrected chi connectivity index (χ3v) is 17.1. The maximum Gasteiger partial charge on any atom is 0.0408 e. The Labute approximate surface area is 283 Å². The van der Waals surface area contributed by atoms with E-state index in [4.69, 9.17) is 12.6 Å². The highest BCUT2D eigenvalue weighted by atomic mass is 127. The van der Waals surface area contributed by atoms with Crippen molar-refractivity contribution < 1.29 is 0 Å².